The molecular formula is C18H16N2O5S. The number of nitrogens with one attached hydrogen (secondary N) is 1. The van der Waals surface area contributed by atoms with Crippen molar-refractivity contribution in [3.05, 3.63) is 59.7 Å². The van der Waals surface area contributed by atoms with Crippen LogP contribution < -0.4 is 11.1 Å². The van der Waals surface area contributed by atoms with E-state index in [1.165, 1.54) is 30.3 Å². The van der Waals surface area contributed by atoms with Crippen LogP contribution in [0.3, 0.4) is 0 Å². The predicted molar refractivity (Wildman–Crippen MR) is 99.0 cm³/mol. The fraction of sp³-hybridized carbons (Fsp3) is 0.0556. The number of fused-ring (bicyclic) bond motifs is 1. The summed E-state index contributed by atoms with van der Waals surface area (Å²) in [5, 5.41) is 13.1. The number of phenolic OH excluding ortho intramolecular Hbond substituents is 1. The van der Waals surface area contributed by atoms with E-state index in [1.54, 1.807) is 12.1 Å². The van der Waals surface area contributed by atoms with Gasteiger partial charge < -0.3 is 16.2 Å². The van der Waals surface area contributed by atoms with E-state index in [9.17, 15) is 22.9 Å². The molecule has 8 heteroatoms. The first-order chi connectivity index (χ1) is 12.2. The van der Waals surface area contributed by atoms with Gasteiger partial charge in [0.05, 0.1) is 11.3 Å². The van der Waals surface area contributed by atoms with Gasteiger partial charge in [0.1, 0.15) is 10.6 Å². The van der Waals surface area contributed by atoms with E-state index in [0.717, 1.165) is 11.6 Å². The Kier molecular flexibility index (Phi) is 4.31. The van der Waals surface area contributed by atoms with E-state index in [0.29, 0.717) is 5.39 Å². The Morgan fingerprint density at radius 3 is 2.46 bits per heavy atom. The van der Waals surface area contributed by atoms with Crippen molar-refractivity contribution in [2.24, 2.45) is 0 Å². The summed E-state index contributed by atoms with van der Waals surface area (Å²) in [6.45, 7) is 1.82. The molecular weight excluding hydrogens is 356 g/mol. The molecule has 0 bridgehead atoms. The Morgan fingerprint density at radius 1 is 1.08 bits per heavy atom. The number of phenols is 1. The number of carbonyl (C=O) groups excluding carboxylic acids is 1. The topological polar surface area (TPSA) is 130 Å². The second kappa shape index (κ2) is 6.32. The number of nitrogens with two attached hydrogens (primary N) is 1. The molecule has 0 aliphatic heterocycles. The number of aromatic hydroxyl groups is 1. The standard InChI is InChI=1S/C18H16N2O5S/c1-10-5-6-13(14(19)9-10)18(22)20-17-12-3-2-4-15(21)11(12)7-8-16(17)26(23,24)25/h2-9,21H,19H2,1H3,(H,20,22)(H,23,24,25). The smallest absolute Gasteiger partial charge is 0.296 e. The molecule has 3 aromatic rings. The molecule has 0 saturated heterocycles. The molecule has 3 rings (SSSR count). The number of rotatable bonds is 3. The molecule has 0 fully saturated rings. The Hall–Kier alpha value is -3.10. The third kappa shape index (κ3) is 3.19. The van der Waals surface area contributed by atoms with Gasteiger partial charge in [-0.05, 0) is 42.8 Å². The average Bonchev–Trinajstić information content (AvgIpc) is 2.54. The molecule has 0 heterocycles. The lowest BCUT2D eigenvalue weighted by Crippen LogP contribution is -2.16. The maximum absolute atomic E-state index is 12.6. The van der Waals surface area contributed by atoms with Gasteiger partial charge in [-0.1, -0.05) is 18.2 Å². The van der Waals surface area contributed by atoms with Crippen LogP contribution in [-0.2, 0) is 10.1 Å². The first-order valence-electron chi connectivity index (χ1n) is 7.58. The first-order valence-corrected chi connectivity index (χ1v) is 9.02. The fourth-order valence-electron chi connectivity index (χ4n) is 2.73. The van der Waals surface area contributed by atoms with Crippen LogP contribution in [0.4, 0.5) is 11.4 Å². The van der Waals surface area contributed by atoms with Crippen molar-refractivity contribution >= 4 is 38.2 Å². The summed E-state index contributed by atoms with van der Waals surface area (Å²) >= 11 is 0. The van der Waals surface area contributed by atoms with Gasteiger partial charge in [-0.3, -0.25) is 9.35 Å². The Bertz CT molecular complexity index is 1140. The molecule has 0 spiro atoms. The number of aryl methyl sites for hydroxylation is 1. The van der Waals surface area contributed by atoms with E-state index in [4.69, 9.17) is 5.73 Å². The maximum Gasteiger partial charge on any atom is 0.296 e. The number of carbonyl (C=O) groups is 1. The van der Waals surface area contributed by atoms with E-state index >= 15 is 0 Å². The van der Waals surface area contributed by atoms with Crippen LogP contribution in [0.2, 0.25) is 0 Å². The van der Waals surface area contributed by atoms with Gasteiger partial charge in [-0.25, -0.2) is 0 Å². The molecule has 7 nitrogen and oxygen atoms in total. The second-order valence-corrected chi connectivity index (χ2v) is 7.22. The minimum atomic E-state index is -4.61. The summed E-state index contributed by atoms with van der Waals surface area (Å²) in [5.41, 5.74) is 7.00. The highest BCUT2D eigenvalue weighted by Gasteiger charge is 2.21. The van der Waals surface area contributed by atoms with Gasteiger partial charge >= 0.3 is 0 Å². The number of hydrogen-bond donors (Lipinski definition) is 4. The maximum atomic E-state index is 12.6. The predicted octanol–water partition coefficient (Wildman–Crippen LogP) is 2.94. The third-order valence-electron chi connectivity index (χ3n) is 3.97. The monoisotopic (exact) mass is 372 g/mol. The molecule has 0 atom stereocenters. The molecule has 1 amide bonds. The zero-order valence-electron chi connectivity index (χ0n) is 13.7. The van der Waals surface area contributed by atoms with Crippen LogP contribution in [0.15, 0.2) is 53.4 Å². The third-order valence-corrected chi connectivity index (χ3v) is 4.86. The van der Waals surface area contributed by atoms with Crippen molar-refractivity contribution in [3.63, 3.8) is 0 Å². The number of nitrogen functional groups attached to an aromatic ring is 1. The summed E-state index contributed by atoms with van der Waals surface area (Å²) in [6, 6.07) is 11.8. The second-order valence-electron chi connectivity index (χ2n) is 5.83. The van der Waals surface area contributed by atoms with Crippen LogP contribution in [-0.4, -0.2) is 24.0 Å². The fourth-order valence-corrected chi connectivity index (χ4v) is 3.39. The van der Waals surface area contributed by atoms with Gasteiger partial charge in [0.15, 0.2) is 0 Å². The van der Waals surface area contributed by atoms with Crippen molar-refractivity contribution in [2.75, 3.05) is 11.1 Å². The number of anilines is 2. The number of amides is 1. The van der Waals surface area contributed by atoms with Crippen LogP contribution in [0, 0.1) is 6.92 Å². The van der Waals surface area contributed by atoms with Gasteiger partial charge in [0, 0.05) is 16.5 Å². The summed E-state index contributed by atoms with van der Waals surface area (Å²) in [6.07, 6.45) is 0. The summed E-state index contributed by atoms with van der Waals surface area (Å²) in [5.74, 6) is -0.724. The van der Waals surface area contributed by atoms with Gasteiger partial charge in [-0.2, -0.15) is 8.42 Å². The molecule has 0 unspecified atom stereocenters. The number of hydrogen-bond acceptors (Lipinski definition) is 5. The highest BCUT2D eigenvalue weighted by atomic mass is 32.2. The molecule has 0 aliphatic carbocycles. The van der Waals surface area contributed by atoms with E-state index in [1.807, 2.05) is 6.92 Å². The van der Waals surface area contributed by atoms with Crippen LogP contribution >= 0.6 is 0 Å². The summed E-state index contributed by atoms with van der Waals surface area (Å²) < 4.78 is 33.0. The molecule has 0 aromatic heterocycles. The van der Waals surface area contributed by atoms with Gasteiger partial charge in [0.2, 0.25) is 0 Å². The molecule has 3 aromatic carbocycles. The highest BCUT2D eigenvalue weighted by molar-refractivity contribution is 7.86. The quantitative estimate of drug-likeness (QED) is 0.413. The molecule has 26 heavy (non-hydrogen) atoms. The summed E-state index contributed by atoms with van der Waals surface area (Å²) in [4.78, 5) is 12.1. The van der Waals surface area contributed by atoms with Gasteiger partial charge in [0.25, 0.3) is 16.0 Å². The van der Waals surface area contributed by atoms with Crippen molar-refractivity contribution < 1.29 is 22.9 Å². The van der Waals surface area contributed by atoms with Crippen LogP contribution in [0.1, 0.15) is 15.9 Å². The van der Waals surface area contributed by atoms with Crippen molar-refractivity contribution in [1.29, 1.82) is 0 Å². The normalized spacial score (nSPS) is 11.5. The minimum absolute atomic E-state index is 0.0882. The van der Waals surface area contributed by atoms with E-state index in [-0.39, 0.29) is 28.1 Å². The largest absolute Gasteiger partial charge is 0.507 e. The van der Waals surface area contributed by atoms with Crippen LogP contribution in [0.5, 0.6) is 5.75 Å². The lowest BCUT2D eigenvalue weighted by atomic mass is 10.1. The van der Waals surface area contributed by atoms with Crippen LogP contribution in [0.25, 0.3) is 10.8 Å². The Balaban J connectivity index is 2.19. The van der Waals surface area contributed by atoms with Crippen molar-refractivity contribution in [2.45, 2.75) is 11.8 Å². The SMILES string of the molecule is Cc1ccc(C(=O)Nc2c(S(=O)(=O)O)ccc3c(O)cccc23)c(N)c1. The van der Waals surface area contributed by atoms with E-state index < -0.39 is 20.9 Å². The van der Waals surface area contributed by atoms with Gasteiger partial charge in [-0.15, -0.1) is 0 Å². The zero-order valence-corrected chi connectivity index (χ0v) is 14.5. The molecule has 0 saturated carbocycles. The number of benzene rings is 3. The van der Waals surface area contributed by atoms with Crippen molar-refractivity contribution in [3.8, 4) is 5.75 Å². The zero-order chi connectivity index (χ0) is 19.1. The minimum Gasteiger partial charge on any atom is -0.507 e. The highest BCUT2D eigenvalue weighted by Crippen LogP contribution is 2.35. The molecule has 0 radical (unpaired) electrons. The molecule has 0 aliphatic rings. The van der Waals surface area contributed by atoms with Crippen molar-refractivity contribution in [1.82, 2.24) is 0 Å². The average molecular weight is 372 g/mol. The Morgan fingerprint density at radius 2 is 1.81 bits per heavy atom. The summed E-state index contributed by atoms with van der Waals surface area (Å²) in [7, 11) is -4.61. The molecule has 134 valence electrons. The molecule has 5 N–H and O–H groups in total. The van der Waals surface area contributed by atoms with E-state index in [2.05, 4.69) is 5.32 Å². The lowest BCUT2D eigenvalue weighted by Gasteiger charge is -2.14. The first kappa shape index (κ1) is 17.7. The lowest BCUT2D eigenvalue weighted by molar-refractivity contribution is 0.102. The Labute approximate surface area is 149 Å².